The van der Waals surface area contributed by atoms with Crippen molar-refractivity contribution in [2.45, 2.75) is 6.54 Å². The normalized spacial score (nSPS) is 14.1. The van der Waals surface area contributed by atoms with Crippen molar-refractivity contribution in [1.82, 2.24) is 19.8 Å². The molecular formula is C14H18N8O10S+2. The van der Waals surface area contributed by atoms with Crippen LogP contribution < -0.4 is 5.69 Å². The Balaban J connectivity index is 1.77. The van der Waals surface area contributed by atoms with E-state index in [0.717, 1.165) is 57.5 Å². The lowest BCUT2D eigenvalue weighted by molar-refractivity contribution is -0.564. The lowest BCUT2D eigenvalue weighted by Gasteiger charge is -2.03. The fourth-order valence-electron chi connectivity index (χ4n) is 1.92. The van der Waals surface area contributed by atoms with Crippen LogP contribution in [0.5, 0.6) is 0 Å². The van der Waals surface area contributed by atoms with Gasteiger partial charge < -0.3 is 9.47 Å². The summed E-state index contributed by atoms with van der Waals surface area (Å²) in [5.41, 5.74) is -0.763. The summed E-state index contributed by atoms with van der Waals surface area (Å²) in [4.78, 5) is 46.0. The minimum Gasteiger partial charge on any atom is -0.466 e. The Bertz CT molecular complexity index is 1190. The van der Waals surface area contributed by atoms with Gasteiger partial charge in [0.2, 0.25) is 0 Å². The maximum atomic E-state index is 12.0. The zero-order valence-electron chi connectivity index (χ0n) is 17.2. The molecule has 0 bridgehead atoms. The molecule has 0 radical (unpaired) electrons. The first-order valence-electron chi connectivity index (χ1n) is 8.77. The smallest absolute Gasteiger partial charge is 0.466 e. The van der Waals surface area contributed by atoms with Crippen LogP contribution in [0.4, 0.5) is 4.79 Å². The number of carbonyl (C=O) groups excluding carboxylic acids is 3. The second-order valence-electron chi connectivity index (χ2n) is 5.59. The molecule has 2 heterocycles. The van der Waals surface area contributed by atoms with Gasteiger partial charge in [0.1, 0.15) is 11.3 Å². The van der Waals surface area contributed by atoms with Crippen molar-refractivity contribution >= 4 is 34.6 Å². The predicted octanol–water partition coefficient (Wildman–Crippen LogP) is -1.97. The van der Waals surface area contributed by atoms with Crippen LogP contribution in [0, 0.1) is 0 Å². The minimum atomic E-state index is -4.47. The Labute approximate surface area is 184 Å². The van der Waals surface area contributed by atoms with Crippen LogP contribution in [0.2, 0.25) is 0 Å². The number of hydrogen-bond donors (Lipinski definition) is 0. The number of hydrogen-bond acceptors (Lipinski definition) is 14. The minimum absolute atomic E-state index is 0.298. The Kier molecular flexibility index (Phi) is 8.89. The number of ether oxygens (including phenoxy) is 2. The first-order chi connectivity index (χ1) is 15.7. The number of tetrazole rings is 1. The van der Waals surface area contributed by atoms with Gasteiger partial charge in [-0.25, -0.2) is 22.7 Å². The van der Waals surface area contributed by atoms with Crippen molar-refractivity contribution < 1.29 is 50.0 Å². The second kappa shape index (κ2) is 11.6. The third-order valence-electron chi connectivity index (χ3n) is 3.49. The molecule has 1 aromatic heterocycles. The highest BCUT2D eigenvalue weighted by atomic mass is 32.3. The van der Waals surface area contributed by atoms with E-state index in [2.05, 4.69) is 38.7 Å². The molecule has 19 heteroatoms. The molecule has 0 aromatic carbocycles. The first kappa shape index (κ1) is 25.3. The molecule has 0 atom stereocenters. The monoisotopic (exact) mass is 490 g/mol. The predicted molar refractivity (Wildman–Crippen MR) is 99.2 cm³/mol. The van der Waals surface area contributed by atoms with Gasteiger partial charge >= 0.3 is 39.3 Å². The number of methoxy groups -OCH3 is 2. The average Bonchev–Trinajstić information content (AvgIpc) is 3.32. The summed E-state index contributed by atoms with van der Waals surface area (Å²) in [5.74, 6) is -1.43. The van der Waals surface area contributed by atoms with Crippen LogP contribution in [-0.2, 0) is 44.4 Å². The number of esters is 2. The molecule has 0 aliphatic carbocycles. The summed E-state index contributed by atoms with van der Waals surface area (Å²) in [6.07, 6.45) is 3.91. The maximum Gasteiger partial charge on any atom is 0.638 e. The zero-order valence-corrected chi connectivity index (χ0v) is 18.0. The number of amides is 2. The fourth-order valence-corrected chi connectivity index (χ4v) is 2.55. The average molecular weight is 490 g/mol. The van der Waals surface area contributed by atoms with Gasteiger partial charge in [-0.2, -0.15) is 22.6 Å². The summed E-state index contributed by atoms with van der Waals surface area (Å²) < 4.78 is 44.5. The molecule has 0 saturated heterocycles. The summed E-state index contributed by atoms with van der Waals surface area (Å²) in [6, 6.07) is -0.763. The molecule has 0 spiro atoms. The molecule has 178 valence electrons. The molecule has 0 fully saturated rings. The molecule has 2 rings (SSSR count). The molecule has 0 N–H and O–H groups in total. The quantitative estimate of drug-likeness (QED) is 0.178. The van der Waals surface area contributed by atoms with Gasteiger partial charge in [-0.3, -0.25) is 0 Å². The summed E-state index contributed by atoms with van der Waals surface area (Å²) in [5, 5.41) is 13.9. The Morgan fingerprint density at radius 1 is 1.00 bits per heavy atom. The summed E-state index contributed by atoms with van der Waals surface area (Å²) >= 11 is 0. The molecular weight excluding hydrogens is 472 g/mol. The number of aromatic nitrogens is 4. The van der Waals surface area contributed by atoms with Crippen molar-refractivity contribution in [3.05, 3.63) is 28.8 Å². The van der Waals surface area contributed by atoms with Crippen molar-refractivity contribution in [1.29, 1.82) is 0 Å². The van der Waals surface area contributed by atoms with Crippen molar-refractivity contribution in [2.24, 2.45) is 10.4 Å². The Morgan fingerprint density at radius 2 is 1.67 bits per heavy atom. The van der Waals surface area contributed by atoms with Crippen LogP contribution in [0.25, 0.3) is 6.20 Å². The fraction of sp³-hybridized carbons (Fsp3) is 0.429. The van der Waals surface area contributed by atoms with Crippen molar-refractivity contribution in [3.8, 4) is 0 Å². The number of nitrogens with zero attached hydrogens (tertiary/aromatic N) is 8. The van der Waals surface area contributed by atoms with Crippen LogP contribution in [0.1, 0.15) is 0 Å². The molecule has 0 saturated carbocycles. The van der Waals surface area contributed by atoms with Crippen molar-refractivity contribution in [2.75, 3.05) is 34.0 Å². The van der Waals surface area contributed by atoms with E-state index in [-0.39, 0.29) is 13.1 Å². The van der Waals surface area contributed by atoms with Gasteiger partial charge in [0.25, 0.3) is 5.22 Å². The van der Waals surface area contributed by atoms with E-state index >= 15 is 0 Å². The third kappa shape index (κ3) is 7.59. The second-order valence-corrected chi connectivity index (χ2v) is 6.88. The van der Waals surface area contributed by atoms with Crippen molar-refractivity contribution in [3.63, 3.8) is 0 Å². The molecule has 1 aliphatic heterocycles. The number of rotatable bonds is 12. The zero-order chi connectivity index (χ0) is 24.4. The van der Waals surface area contributed by atoms with Crippen LogP contribution >= 0.6 is 0 Å². The van der Waals surface area contributed by atoms with E-state index in [9.17, 15) is 27.6 Å². The molecule has 0 unspecified atom stereocenters. The SMILES string of the molecule is COC(=O)/C=C/n1nnn(CCOS(=O)(=O)OCC[N+]2=NN=[N+](/C=C/C(=O)OC)C2=O)c1=O. The molecule has 33 heavy (non-hydrogen) atoms. The van der Waals surface area contributed by atoms with E-state index < -0.39 is 47.3 Å². The molecule has 18 nitrogen and oxygen atoms in total. The topological polar surface area (TPSA) is 206 Å². The Hall–Kier alpha value is -3.97. The highest BCUT2D eigenvalue weighted by molar-refractivity contribution is 7.81. The van der Waals surface area contributed by atoms with E-state index in [1.54, 1.807) is 0 Å². The van der Waals surface area contributed by atoms with E-state index in [0.29, 0.717) is 0 Å². The number of carbonyl (C=O) groups is 3. The highest BCUT2D eigenvalue weighted by Crippen LogP contribution is 2.02. The van der Waals surface area contributed by atoms with E-state index in [1.165, 1.54) is 0 Å². The van der Waals surface area contributed by atoms with E-state index in [1.807, 2.05) is 0 Å². The van der Waals surface area contributed by atoms with Gasteiger partial charge in [-0.15, -0.1) is 0 Å². The lowest BCUT2D eigenvalue weighted by Crippen LogP contribution is -2.27. The van der Waals surface area contributed by atoms with Crippen LogP contribution in [-0.4, -0.2) is 89.6 Å². The van der Waals surface area contributed by atoms with Gasteiger partial charge in [0.15, 0.2) is 12.7 Å². The van der Waals surface area contributed by atoms with E-state index in [4.69, 9.17) is 0 Å². The molecule has 1 aromatic rings. The first-order valence-corrected chi connectivity index (χ1v) is 10.1. The van der Waals surface area contributed by atoms with Crippen LogP contribution in [0.15, 0.2) is 33.6 Å². The highest BCUT2D eigenvalue weighted by Gasteiger charge is 2.40. The van der Waals surface area contributed by atoms with Crippen LogP contribution in [0.3, 0.4) is 0 Å². The maximum absolute atomic E-state index is 12.0. The van der Waals surface area contributed by atoms with Gasteiger partial charge in [0, 0.05) is 17.0 Å². The standard InChI is InChI=1S/C14H18N8O10S/c1-29-11(23)3-5-19-13(25)21(17-15-19)7-9-31-33(27,28)32-10-8-22-14(26)20(16-18-22)6-4-12(24)30-2/h3-6H,7-10H2,1-2H3/q+2/b5-3+,6-4+. The van der Waals surface area contributed by atoms with Gasteiger partial charge in [-0.1, -0.05) is 0 Å². The Morgan fingerprint density at radius 3 is 2.36 bits per heavy atom. The molecule has 1 aliphatic rings. The summed E-state index contributed by atoms with van der Waals surface area (Å²) in [6.45, 7) is -1.63. The summed E-state index contributed by atoms with van der Waals surface area (Å²) in [7, 11) is -2.17. The lowest BCUT2D eigenvalue weighted by atomic mass is 10.6. The van der Waals surface area contributed by atoms with Gasteiger partial charge in [0.05, 0.1) is 33.4 Å². The van der Waals surface area contributed by atoms with Gasteiger partial charge in [-0.05, 0) is 10.4 Å². The number of urea groups is 1. The largest absolute Gasteiger partial charge is 0.638 e. The third-order valence-corrected chi connectivity index (χ3v) is 4.40. The molecule has 2 amide bonds.